The van der Waals surface area contributed by atoms with Gasteiger partial charge in [0.15, 0.2) is 0 Å². The van der Waals surface area contributed by atoms with Crippen LogP contribution >= 0.6 is 0 Å². The van der Waals surface area contributed by atoms with Crippen LogP contribution in [0.3, 0.4) is 0 Å². The molecule has 6 heteroatoms. The quantitative estimate of drug-likeness (QED) is 0.614. The monoisotopic (exact) mass is 280 g/mol. The lowest BCUT2D eigenvalue weighted by atomic mass is 10.2. The van der Waals surface area contributed by atoms with Crippen molar-refractivity contribution in [1.29, 1.82) is 0 Å². The van der Waals surface area contributed by atoms with Gasteiger partial charge in [0.1, 0.15) is 6.10 Å². The van der Waals surface area contributed by atoms with Gasteiger partial charge in [-0.3, -0.25) is 15.0 Å². The van der Waals surface area contributed by atoms with Crippen LogP contribution in [0.2, 0.25) is 0 Å². The first kappa shape index (κ1) is 13.3. The van der Waals surface area contributed by atoms with Gasteiger partial charge in [0.05, 0.1) is 4.92 Å². The number of para-hydroxylation sites is 1. The van der Waals surface area contributed by atoms with Gasteiger partial charge < -0.3 is 4.74 Å². The van der Waals surface area contributed by atoms with E-state index in [4.69, 9.17) is 4.74 Å². The normalized spacial score (nSPS) is 22.9. The Bertz CT molecular complexity index is 519. The fourth-order valence-corrected chi connectivity index (χ4v) is 2.67. The second-order valence-corrected chi connectivity index (χ2v) is 5.58. The molecule has 0 amide bonds. The van der Waals surface area contributed by atoms with E-state index in [1.54, 1.807) is 0 Å². The summed E-state index contributed by atoms with van der Waals surface area (Å²) in [7, 11) is 0. The van der Waals surface area contributed by atoms with Crippen LogP contribution < -0.4 is 4.74 Å². The number of nitro benzene ring substituents is 1. The lowest BCUT2D eigenvalue weighted by molar-refractivity contribution is -0.388. The van der Waals surface area contributed by atoms with Gasteiger partial charge in [0.2, 0.25) is 11.6 Å². The summed E-state index contributed by atoms with van der Waals surface area (Å²) in [5.74, 6) is 0.00543. The highest BCUT2D eigenvalue weighted by Crippen LogP contribution is 2.33. The van der Waals surface area contributed by atoms with Crippen LogP contribution in [0.1, 0.15) is 19.3 Å². The summed E-state index contributed by atoms with van der Waals surface area (Å²) in [4.78, 5) is 12.5. The highest BCUT2D eigenvalue weighted by Gasteiger charge is 2.31. The van der Waals surface area contributed by atoms with Crippen LogP contribution in [0.4, 0.5) is 10.1 Å². The number of halogens is 1. The first-order valence-corrected chi connectivity index (χ1v) is 6.95. The van der Waals surface area contributed by atoms with Gasteiger partial charge in [0.25, 0.3) is 0 Å². The van der Waals surface area contributed by atoms with Crippen molar-refractivity contribution in [2.24, 2.45) is 5.92 Å². The highest BCUT2D eigenvalue weighted by molar-refractivity contribution is 5.47. The first-order valence-electron chi connectivity index (χ1n) is 6.95. The zero-order chi connectivity index (χ0) is 14.1. The number of hydrogen-bond donors (Lipinski definition) is 0. The standard InChI is InChI=1S/C14H17FN2O3/c15-12-2-1-3-13(14(12)17(18)19)20-11-6-7-16(9-11)8-10-4-5-10/h1-3,10-11H,4-9H2/t11-/m1/s1. The molecule has 1 heterocycles. The number of nitrogens with zero attached hydrogens (tertiary/aromatic N) is 2. The number of likely N-dealkylation sites (tertiary alicyclic amines) is 1. The molecule has 0 N–H and O–H groups in total. The van der Waals surface area contributed by atoms with E-state index in [1.807, 2.05) is 0 Å². The first-order chi connectivity index (χ1) is 9.63. The van der Waals surface area contributed by atoms with Gasteiger partial charge in [-0.2, -0.15) is 4.39 Å². The van der Waals surface area contributed by atoms with Crippen molar-refractivity contribution in [3.63, 3.8) is 0 Å². The van der Waals surface area contributed by atoms with Crippen molar-refractivity contribution >= 4 is 5.69 Å². The molecule has 1 saturated heterocycles. The lowest BCUT2D eigenvalue weighted by Crippen LogP contribution is -2.26. The van der Waals surface area contributed by atoms with Crippen LogP contribution in [0, 0.1) is 21.8 Å². The molecular formula is C14H17FN2O3. The van der Waals surface area contributed by atoms with Gasteiger partial charge in [-0.15, -0.1) is 0 Å². The molecule has 0 bridgehead atoms. The molecule has 1 aliphatic heterocycles. The van der Waals surface area contributed by atoms with Crippen LogP contribution in [0.25, 0.3) is 0 Å². The van der Waals surface area contributed by atoms with Crippen molar-refractivity contribution in [2.45, 2.75) is 25.4 Å². The second-order valence-electron chi connectivity index (χ2n) is 5.58. The van der Waals surface area contributed by atoms with Crippen LogP contribution in [0.15, 0.2) is 18.2 Å². The fourth-order valence-electron chi connectivity index (χ4n) is 2.67. The fraction of sp³-hybridized carbons (Fsp3) is 0.571. The molecular weight excluding hydrogens is 263 g/mol. The second kappa shape index (κ2) is 5.36. The Kier molecular flexibility index (Phi) is 3.56. The Labute approximate surface area is 116 Å². The largest absolute Gasteiger partial charge is 0.482 e. The molecule has 1 aromatic carbocycles. The number of ether oxygens (including phenoxy) is 1. The Morgan fingerprint density at radius 2 is 2.20 bits per heavy atom. The van der Waals surface area contributed by atoms with E-state index in [0.29, 0.717) is 0 Å². The van der Waals surface area contributed by atoms with Gasteiger partial charge >= 0.3 is 5.69 Å². The molecule has 1 aliphatic carbocycles. The van der Waals surface area contributed by atoms with E-state index in [0.717, 1.165) is 38.0 Å². The summed E-state index contributed by atoms with van der Waals surface area (Å²) in [6, 6.07) is 3.98. The van der Waals surface area contributed by atoms with Gasteiger partial charge in [-0.05, 0) is 37.3 Å². The van der Waals surface area contributed by atoms with Crippen molar-refractivity contribution in [2.75, 3.05) is 19.6 Å². The molecule has 0 spiro atoms. The Hall–Kier alpha value is -1.69. The third-order valence-corrected chi connectivity index (χ3v) is 3.87. The Balaban J connectivity index is 1.66. The van der Waals surface area contributed by atoms with Crippen molar-refractivity contribution < 1.29 is 14.1 Å². The van der Waals surface area contributed by atoms with E-state index in [-0.39, 0.29) is 11.9 Å². The Morgan fingerprint density at radius 1 is 1.40 bits per heavy atom. The summed E-state index contributed by atoms with van der Waals surface area (Å²) < 4.78 is 19.2. The minimum Gasteiger partial charge on any atom is -0.482 e. The van der Waals surface area contributed by atoms with Crippen molar-refractivity contribution in [3.05, 3.63) is 34.1 Å². The maximum absolute atomic E-state index is 13.5. The average Bonchev–Trinajstić information content (AvgIpc) is 3.09. The topological polar surface area (TPSA) is 55.6 Å². The molecule has 1 atom stereocenters. The number of rotatable bonds is 5. The molecule has 20 heavy (non-hydrogen) atoms. The van der Waals surface area contributed by atoms with Gasteiger partial charge in [-0.25, -0.2) is 0 Å². The molecule has 0 aromatic heterocycles. The molecule has 0 radical (unpaired) electrons. The SMILES string of the molecule is O=[N+]([O-])c1c(F)cccc1O[C@@H]1CCN(CC2CC2)C1. The molecule has 5 nitrogen and oxygen atoms in total. The highest BCUT2D eigenvalue weighted by atomic mass is 19.1. The zero-order valence-corrected chi connectivity index (χ0v) is 11.1. The summed E-state index contributed by atoms with van der Waals surface area (Å²) >= 11 is 0. The maximum Gasteiger partial charge on any atom is 0.346 e. The predicted octanol–water partition coefficient (Wildman–Crippen LogP) is 2.60. The van der Waals surface area contributed by atoms with Gasteiger partial charge in [0, 0.05) is 19.6 Å². The zero-order valence-electron chi connectivity index (χ0n) is 11.1. The summed E-state index contributed by atoms with van der Waals surface area (Å²) in [6.45, 7) is 2.81. The third kappa shape index (κ3) is 2.90. The molecule has 0 unspecified atom stereocenters. The van der Waals surface area contributed by atoms with Gasteiger partial charge in [-0.1, -0.05) is 6.07 Å². The number of hydrogen-bond acceptors (Lipinski definition) is 4. The average molecular weight is 280 g/mol. The minimum atomic E-state index is -0.847. The van der Waals surface area contributed by atoms with Crippen molar-refractivity contribution in [3.8, 4) is 5.75 Å². The summed E-state index contributed by atoms with van der Waals surface area (Å²) in [5, 5.41) is 10.9. The van der Waals surface area contributed by atoms with E-state index in [9.17, 15) is 14.5 Å². The smallest absolute Gasteiger partial charge is 0.346 e. The van der Waals surface area contributed by atoms with E-state index in [2.05, 4.69) is 4.90 Å². The number of nitro groups is 1. The van der Waals surface area contributed by atoms with E-state index in [1.165, 1.54) is 25.0 Å². The molecule has 1 aromatic rings. The molecule has 1 saturated carbocycles. The van der Waals surface area contributed by atoms with Crippen molar-refractivity contribution in [1.82, 2.24) is 4.90 Å². The van der Waals surface area contributed by atoms with E-state index >= 15 is 0 Å². The maximum atomic E-state index is 13.5. The lowest BCUT2D eigenvalue weighted by Gasteiger charge is -2.16. The van der Waals surface area contributed by atoms with Crippen LogP contribution in [0.5, 0.6) is 5.75 Å². The number of benzene rings is 1. The molecule has 3 rings (SSSR count). The molecule has 2 fully saturated rings. The minimum absolute atomic E-state index is 0.0354. The summed E-state index contributed by atoms with van der Waals surface area (Å²) in [6.07, 6.45) is 3.35. The van der Waals surface area contributed by atoms with E-state index < -0.39 is 16.4 Å². The Morgan fingerprint density at radius 3 is 2.90 bits per heavy atom. The van der Waals surface area contributed by atoms with Crippen LogP contribution in [-0.4, -0.2) is 35.6 Å². The third-order valence-electron chi connectivity index (χ3n) is 3.87. The summed E-state index contributed by atoms with van der Waals surface area (Å²) in [5.41, 5.74) is -0.562. The molecule has 2 aliphatic rings. The molecule has 108 valence electrons. The predicted molar refractivity (Wildman–Crippen MR) is 71.3 cm³/mol. The van der Waals surface area contributed by atoms with Crippen LogP contribution in [-0.2, 0) is 0 Å².